The number of rotatable bonds is 4. The van der Waals surface area contributed by atoms with Crippen LogP contribution < -0.4 is 5.73 Å². The number of hydrogen-bond acceptors (Lipinski definition) is 3. The maximum Gasteiger partial charge on any atom is 0.241 e. The Bertz CT molecular complexity index is 468. The molecule has 16 heavy (non-hydrogen) atoms. The van der Waals surface area contributed by atoms with Crippen molar-refractivity contribution in [2.75, 3.05) is 14.1 Å². The number of carbonyl (C=O) groups is 1. The average Bonchev–Trinajstić information content (AvgIpc) is 2.18. The summed E-state index contributed by atoms with van der Waals surface area (Å²) in [6.07, 6.45) is 0. The highest BCUT2D eigenvalue weighted by Crippen LogP contribution is 2.23. The predicted octanol–water partition coefficient (Wildman–Crippen LogP) is 0.104. The lowest BCUT2D eigenvalue weighted by atomic mass is 10.1. The minimum Gasteiger partial charge on any atom is -0.368 e. The van der Waals surface area contributed by atoms with E-state index >= 15 is 0 Å². The molecule has 0 fully saturated rings. The zero-order chi connectivity index (χ0) is 12.3. The van der Waals surface area contributed by atoms with E-state index in [9.17, 15) is 13.2 Å². The van der Waals surface area contributed by atoms with E-state index in [1.54, 1.807) is 30.3 Å². The van der Waals surface area contributed by atoms with Crippen molar-refractivity contribution in [3.63, 3.8) is 0 Å². The van der Waals surface area contributed by atoms with E-state index in [1.807, 2.05) is 0 Å². The fourth-order valence-corrected chi connectivity index (χ4v) is 2.54. The molecular weight excluding hydrogens is 228 g/mol. The van der Waals surface area contributed by atoms with Gasteiger partial charge >= 0.3 is 0 Å². The summed E-state index contributed by atoms with van der Waals surface area (Å²) in [7, 11) is -0.994. The van der Waals surface area contributed by atoms with Gasteiger partial charge in [-0.3, -0.25) is 4.79 Å². The van der Waals surface area contributed by atoms with Crippen molar-refractivity contribution in [3.05, 3.63) is 35.9 Å². The molecule has 0 aliphatic carbocycles. The Morgan fingerprint density at radius 3 is 2.12 bits per heavy atom. The summed E-state index contributed by atoms with van der Waals surface area (Å²) in [5.41, 5.74) is 5.53. The Morgan fingerprint density at radius 1 is 1.25 bits per heavy atom. The maximum absolute atomic E-state index is 11.9. The van der Waals surface area contributed by atoms with Gasteiger partial charge < -0.3 is 5.73 Å². The lowest BCUT2D eigenvalue weighted by molar-refractivity contribution is -0.117. The molecule has 1 atom stereocenters. The van der Waals surface area contributed by atoms with Crippen LogP contribution in [0, 0.1) is 0 Å². The van der Waals surface area contributed by atoms with Crippen LogP contribution in [0.3, 0.4) is 0 Å². The standard InChI is InChI=1S/C10H14N2O3S/c1-12(2)16(14,15)9(10(11)13)8-6-4-3-5-7-8/h3-7,9H,1-2H3,(H2,11,13). The van der Waals surface area contributed by atoms with Crippen molar-refractivity contribution >= 4 is 15.9 Å². The maximum atomic E-state index is 11.9. The van der Waals surface area contributed by atoms with Crippen molar-refractivity contribution in [3.8, 4) is 0 Å². The number of nitrogens with zero attached hydrogens (tertiary/aromatic N) is 1. The highest BCUT2D eigenvalue weighted by molar-refractivity contribution is 7.90. The van der Waals surface area contributed by atoms with Gasteiger partial charge in [-0.15, -0.1) is 0 Å². The molecule has 0 bridgehead atoms. The van der Waals surface area contributed by atoms with Crippen molar-refractivity contribution in [1.82, 2.24) is 4.31 Å². The molecule has 2 N–H and O–H groups in total. The van der Waals surface area contributed by atoms with E-state index in [0.717, 1.165) is 4.31 Å². The number of primary amides is 1. The average molecular weight is 242 g/mol. The summed E-state index contributed by atoms with van der Waals surface area (Å²) >= 11 is 0. The first-order valence-electron chi connectivity index (χ1n) is 4.63. The van der Waals surface area contributed by atoms with Gasteiger partial charge in [-0.25, -0.2) is 12.7 Å². The Balaban J connectivity index is 3.28. The van der Waals surface area contributed by atoms with Crippen LogP contribution in [0.25, 0.3) is 0 Å². The molecule has 0 saturated heterocycles. The van der Waals surface area contributed by atoms with E-state index < -0.39 is 21.2 Å². The minimum atomic E-state index is -3.73. The Hall–Kier alpha value is -1.40. The lowest BCUT2D eigenvalue weighted by Gasteiger charge is -2.19. The van der Waals surface area contributed by atoms with Gasteiger partial charge in [-0.2, -0.15) is 0 Å². The van der Waals surface area contributed by atoms with Crippen LogP contribution >= 0.6 is 0 Å². The second-order valence-electron chi connectivity index (χ2n) is 3.52. The molecule has 0 aromatic heterocycles. The fraction of sp³-hybridized carbons (Fsp3) is 0.300. The summed E-state index contributed by atoms with van der Waals surface area (Å²) < 4.78 is 24.8. The number of carbonyl (C=O) groups excluding carboxylic acids is 1. The summed E-state index contributed by atoms with van der Waals surface area (Å²) in [5.74, 6) is -0.875. The molecule has 0 aliphatic heterocycles. The van der Waals surface area contributed by atoms with Crippen molar-refractivity contribution in [1.29, 1.82) is 0 Å². The second-order valence-corrected chi connectivity index (χ2v) is 5.75. The summed E-state index contributed by atoms with van der Waals surface area (Å²) in [5, 5.41) is -1.33. The second kappa shape index (κ2) is 4.63. The lowest BCUT2D eigenvalue weighted by Crippen LogP contribution is -2.36. The monoisotopic (exact) mass is 242 g/mol. The van der Waals surface area contributed by atoms with E-state index in [2.05, 4.69) is 0 Å². The van der Waals surface area contributed by atoms with Crippen molar-refractivity contribution < 1.29 is 13.2 Å². The molecule has 1 rings (SSSR count). The van der Waals surface area contributed by atoms with Crippen LogP contribution in [-0.2, 0) is 14.8 Å². The first-order chi connectivity index (χ1) is 7.37. The SMILES string of the molecule is CN(C)S(=O)(=O)C(C(N)=O)c1ccccc1. The summed E-state index contributed by atoms with van der Waals surface area (Å²) in [6.45, 7) is 0. The van der Waals surface area contributed by atoms with E-state index in [1.165, 1.54) is 14.1 Å². The van der Waals surface area contributed by atoms with Crippen LogP contribution in [0.1, 0.15) is 10.8 Å². The van der Waals surface area contributed by atoms with Crippen LogP contribution in [0.15, 0.2) is 30.3 Å². The third-order valence-electron chi connectivity index (χ3n) is 2.17. The Morgan fingerprint density at radius 2 is 1.75 bits per heavy atom. The molecular formula is C10H14N2O3S. The number of hydrogen-bond donors (Lipinski definition) is 1. The molecule has 6 heteroatoms. The molecule has 1 aromatic rings. The van der Waals surface area contributed by atoms with Crippen LogP contribution in [0.5, 0.6) is 0 Å². The number of sulfonamides is 1. The highest BCUT2D eigenvalue weighted by Gasteiger charge is 2.34. The quantitative estimate of drug-likeness (QED) is 0.813. The zero-order valence-corrected chi connectivity index (χ0v) is 9.94. The first kappa shape index (κ1) is 12.7. The van der Waals surface area contributed by atoms with Gasteiger partial charge in [0, 0.05) is 14.1 Å². The van der Waals surface area contributed by atoms with E-state index in [0.29, 0.717) is 5.56 Å². The largest absolute Gasteiger partial charge is 0.368 e. The molecule has 0 aliphatic rings. The van der Waals surface area contributed by atoms with E-state index in [-0.39, 0.29) is 0 Å². The third kappa shape index (κ3) is 2.40. The Labute approximate surface area is 94.9 Å². The molecule has 0 radical (unpaired) electrons. The number of benzene rings is 1. The summed E-state index contributed by atoms with van der Waals surface area (Å²) in [4.78, 5) is 11.3. The van der Waals surface area contributed by atoms with Gasteiger partial charge in [0.05, 0.1) is 0 Å². The fourth-order valence-electron chi connectivity index (χ4n) is 1.32. The molecule has 1 aromatic carbocycles. The smallest absolute Gasteiger partial charge is 0.241 e. The molecule has 88 valence electrons. The number of nitrogens with two attached hydrogens (primary N) is 1. The van der Waals surface area contributed by atoms with Crippen molar-refractivity contribution in [2.24, 2.45) is 5.73 Å². The van der Waals surface area contributed by atoms with E-state index in [4.69, 9.17) is 5.73 Å². The molecule has 1 unspecified atom stereocenters. The van der Waals surface area contributed by atoms with Gasteiger partial charge in [0.1, 0.15) is 0 Å². The first-order valence-corrected chi connectivity index (χ1v) is 6.13. The van der Waals surface area contributed by atoms with Crippen LogP contribution in [0.4, 0.5) is 0 Å². The molecule has 0 saturated carbocycles. The number of amides is 1. The normalized spacial score (nSPS) is 13.7. The summed E-state index contributed by atoms with van der Waals surface area (Å²) in [6, 6.07) is 8.20. The predicted molar refractivity (Wildman–Crippen MR) is 61.0 cm³/mol. The van der Waals surface area contributed by atoms with Gasteiger partial charge in [-0.05, 0) is 5.56 Å². The van der Waals surface area contributed by atoms with Gasteiger partial charge in [0.15, 0.2) is 5.25 Å². The van der Waals surface area contributed by atoms with Gasteiger partial charge in [0.2, 0.25) is 15.9 Å². The topological polar surface area (TPSA) is 80.5 Å². The molecule has 5 nitrogen and oxygen atoms in total. The van der Waals surface area contributed by atoms with Crippen LogP contribution in [-0.4, -0.2) is 32.7 Å². The highest BCUT2D eigenvalue weighted by atomic mass is 32.2. The minimum absolute atomic E-state index is 0.378. The van der Waals surface area contributed by atoms with Crippen LogP contribution in [0.2, 0.25) is 0 Å². The van der Waals surface area contributed by atoms with Gasteiger partial charge in [-0.1, -0.05) is 30.3 Å². The third-order valence-corrected chi connectivity index (χ3v) is 4.29. The molecule has 0 heterocycles. The molecule has 0 spiro atoms. The molecule has 1 amide bonds. The zero-order valence-electron chi connectivity index (χ0n) is 9.12. The van der Waals surface area contributed by atoms with Crippen molar-refractivity contribution in [2.45, 2.75) is 5.25 Å². The Kier molecular flexibility index (Phi) is 3.66. The van der Waals surface area contributed by atoms with Gasteiger partial charge in [0.25, 0.3) is 0 Å².